The van der Waals surface area contributed by atoms with Crippen LogP contribution in [0.2, 0.25) is 0 Å². The molecule has 34 heavy (non-hydrogen) atoms. The van der Waals surface area contributed by atoms with E-state index in [0.717, 1.165) is 25.7 Å². The summed E-state index contributed by atoms with van der Waals surface area (Å²) in [6.45, 7) is 0. The zero-order valence-corrected chi connectivity index (χ0v) is 19.1. The molecule has 7 rings (SSSR count). The van der Waals surface area contributed by atoms with Gasteiger partial charge in [0.15, 0.2) is 0 Å². The topological polar surface area (TPSA) is 9.86 Å². The summed E-state index contributed by atoms with van der Waals surface area (Å²) in [5.41, 5.74) is 10.7. The molecular formula is C32H26N2. The molecule has 0 unspecified atom stereocenters. The fourth-order valence-electron chi connectivity index (χ4n) is 5.80. The van der Waals surface area contributed by atoms with Crippen LogP contribution in [0.25, 0.3) is 50.4 Å². The number of aryl methyl sites for hydroxylation is 1. The van der Waals surface area contributed by atoms with E-state index in [2.05, 4.69) is 119 Å². The van der Waals surface area contributed by atoms with Crippen LogP contribution in [0.4, 0.5) is 0 Å². The zero-order valence-electron chi connectivity index (χ0n) is 19.1. The van der Waals surface area contributed by atoms with E-state index in [-0.39, 0.29) is 0 Å². The molecule has 0 spiro atoms. The van der Waals surface area contributed by atoms with Crippen molar-refractivity contribution in [2.45, 2.75) is 25.7 Å². The Hall–Kier alpha value is -4.04. The number of fused-ring (bicyclic) bond motifs is 4. The van der Waals surface area contributed by atoms with Crippen molar-refractivity contribution in [1.29, 1.82) is 0 Å². The Labute approximate surface area is 199 Å². The van der Waals surface area contributed by atoms with Crippen LogP contribution >= 0.6 is 0 Å². The third-order valence-corrected chi connectivity index (χ3v) is 7.26. The van der Waals surface area contributed by atoms with E-state index >= 15 is 0 Å². The van der Waals surface area contributed by atoms with Gasteiger partial charge >= 0.3 is 0 Å². The molecule has 0 atom stereocenters. The van der Waals surface area contributed by atoms with E-state index in [0.29, 0.717) is 0 Å². The Kier molecular flexibility index (Phi) is 4.44. The highest BCUT2D eigenvalue weighted by atomic mass is 15.0. The summed E-state index contributed by atoms with van der Waals surface area (Å²) in [5.74, 6) is 0. The highest BCUT2D eigenvalue weighted by molar-refractivity contribution is 6.14. The summed E-state index contributed by atoms with van der Waals surface area (Å²) >= 11 is 0. The van der Waals surface area contributed by atoms with Crippen LogP contribution in [-0.2, 0) is 6.42 Å². The average Bonchev–Trinajstić information content (AvgIpc) is 3.48. The van der Waals surface area contributed by atoms with Gasteiger partial charge in [0, 0.05) is 39.6 Å². The van der Waals surface area contributed by atoms with Crippen molar-refractivity contribution in [3.05, 3.63) is 115 Å². The smallest absolute Gasteiger partial charge is 0.0614 e. The Morgan fingerprint density at radius 2 is 1.56 bits per heavy atom. The molecule has 2 nitrogen and oxygen atoms in total. The van der Waals surface area contributed by atoms with Crippen molar-refractivity contribution in [3.63, 3.8) is 0 Å². The van der Waals surface area contributed by atoms with Gasteiger partial charge in [-0.15, -0.1) is 0 Å². The van der Waals surface area contributed by atoms with Crippen molar-refractivity contribution in [3.8, 4) is 16.8 Å². The van der Waals surface area contributed by atoms with Crippen molar-refractivity contribution >= 4 is 33.6 Å². The predicted octanol–water partition coefficient (Wildman–Crippen LogP) is 8.40. The molecule has 2 heterocycles. The first kappa shape index (κ1) is 19.4. The molecule has 2 aromatic heterocycles. The van der Waals surface area contributed by atoms with Gasteiger partial charge in [0.1, 0.15) is 0 Å². The largest absolute Gasteiger partial charge is 0.316 e. The van der Waals surface area contributed by atoms with E-state index in [1.807, 2.05) is 0 Å². The fraction of sp³-hybridized carbons (Fsp3) is 0.125. The fourth-order valence-corrected chi connectivity index (χ4v) is 5.80. The summed E-state index contributed by atoms with van der Waals surface area (Å²) in [6, 6.07) is 26.4. The molecule has 0 aliphatic heterocycles. The second-order valence-corrected chi connectivity index (χ2v) is 9.24. The van der Waals surface area contributed by atoms with E-state index in [9.17, 15) is 0 Å². The molecule has 5 aromatic rings. The van der Waals surface area contributed by atoms with Gasteiger partial charge < -0.3 is 9.13 Å². The van der Waals surface area contributed by atoms with E-state index in [1.54, 1.807) is 0 Å². The maximum absolute atomic E-state index is 2.54. The molecule has 0 N–H and O–H groups in total. The summed E-state index contributed by atoms with van der Waals surface area (Å²) in [4.78, 5) is 0. The number of hydrogen-bond donors (Lipinski definition) is 0. The second-order valence-electron chi connectivity index (χ2n) is 9.24. The first-order valence-electron chi connectivity index (χ1n) is 12.2. The lowest BCUT2D eigenvalue weighted by Gasteiger charge is -2.16. The van der Waals surface area contributed by atoms with E-state index in [1.165, 1.54) is 55.6 Å². The molecule has 2 aliphatic rings. The van der Waals surface area contributed by atoms with Gasteiger partial charge in [0.2, 0.25) is 0 Å². The number of aromatic nitrogens is 2. The summed E-state index contributed by atoms with van der Waals surface area (Å²) in [6.07, 6.45) is 18.0. The molecule has 0 saturated carbocycles. The molecule has 0 bridgehead atoms. The molecule has 2 aliphatic carbocycles. The van der Waals surface area contributed by atoms with Crippen LogP contribution < -0.4 is 0 Å². The summed E-state index contributed by atoms with van der Waals surface area (Å²) < 4.78 is 4.90. The standard InChI is InChI=1S/C32H26N2/c1-4-12-23(13-5-1)30-31-27-18-10-11-19-28(27)34(26-16-8-3-9-17-26)29(31)22-24-20-21-33(32(24)30)25-14-6-2-7-15-25/h1-8,11-16,19-22H,9-10,17-18H2. The van der Waals surface area contributed by atoms with Gasteiger partial charge in [0.25, 0.3) is 0 Å². The van der Waals surface area contributed by atoms with E-state index in [4.69, 9.17) is 0 Å². The van der Waals surface area contributed by atoms with Gasteiger partial charge in [-0.2, -0.15) is 0 Å². The minimum Gasteiger partial charge on any atom is -0.316 e. The van der Waals surface area contributed by atoms with Crippen LogP contribution in [0.3, 0.4) is 0 Å². The molecular weight excluding hydrogens is 412 g/mol. The van der Waals surface area contributed by atoms with Crippen LogP contribution in [0.1, 0.15) is 30.5 Å². The van der Waals surface area contributed by atoms with Gasteiger partial charge in [-0.25, -0.2) is 0 Å². The minimum absolute atomic E-state index is 1.07. The van der Waals surface area contributed by atoms with Crippen molar-refractivity contribution in [2.75, 3.05) is 0 Å². The summed E-state index contributed by atoms with van der Waals surface area (Å²) in [5, 5.41) is 2.69. The maximum Gasteiger partial charge on any atom is 0.0614 e. The number of rotatable bonds is 3. The summed E-state index contributed by atoms with van der Waals surface area (Å²) in [7, 11) is 0. The SMILES string of the molecule is C1=CCCC(n2c3c(c4c(-c5ccccc5)c5c(ccn5-c5ccccc5)cc42)CCC=C3)=C1. The highest BCUT2D eigenvalue weighted by Gasteiger charge is 2.25. The van der Waals surface area contributed by atoms with Gasteiger partial charge in [-0.05, 0) is 73.2 Å². The van der Waals surface area contributed by atoms with Gasteiger partial charge in [-0.3, -0.25) is 0 Å². The Morgan fingerprint density at radius 3 is 2.35 bits per heavy atom. The Bertz CT molecular complexity index is 1620. The van der Waals surface area contributed by atoms with Crippen LogP contribution in [0, 0.1) is 0 Å². The maximum atomic E-state index is 2.54. The third-order valence-electron chi connectivity index (χ3n) is 7.26. The van der Waals surface area contributed by atoms with Gasteiger partial charge in [-0.1, -0.05) is 66.8 Å². The van der Waals surface area contributed by atoms with Gasteiger partial charge in [0.05, 0.1) is 11.0 Å². The number of hydrogen-bond acceptors (Lipinski definition) is 0. The predicted molar refractivity (Wildman–Crippen MR) is 144 cm³/mol. The number of para-hydroxylation sites is 1. The lowest BCUT2D eigenvalue weighted by Crippen LogP contribution is -2.03. The molecule has 0 amide bonds. The lowest BCUT2D eigenvalue weighted by molar-refractivity contribution is 0.929. The van der Waals surface area contributed by atoms with Crippen molar-refractivity contribution in [2.24, 2.45) is 0 Å². The Balaban J connectivity index is 1.67. The molecule has 0 saturated heterocycles. The number of allylic oxidation sites excluding steroid dienone is 5. The van der Waals surface area contributed by atoms with Crippen molar-refractivity contribution < 1.29 is 0 Å². The van der Waals surface area contributed by atoms with Crippen LogP contribution in [0.5, 0.6) is 0 Å². The average molecular weight is 439 g/mol. The number of benzene rings is 3. The van der Waals surface area contributed by atoms with Crippen LogP contribution in [-0.4, -0.2) is 9.13 Å². The second kappa shape index (κ2) is 7.78. The lowest BCUT2D eigenvalue weighted by atomic mass is 9.93. The first-order valence-corrected chi connectivity index (χ1v) is 12.2. The molecule has 0 fully saturated rings. The highest BCUT2D eigenvalue weighted by Crippen LogP contribution is 2.45. The van der Waals surface area contributed by atoms with E-state index < -0.39 is 0 Å². The molecule has 0 radical (unpaired) electrons. The first-order chi connectivity index (χ1) is 16.9. The Morgan fingerprint density at radius 1 is 0.765 bits per heavy atom. The molecule has 2 heteroatoms. The third kappa shape index (κ3) is 2.88. The zero-order chi connectivity index (χ0) is 22.5. The molecule has 164 valence electrons. The number of nitrogens with zero attached hydrogens (tertiary/aromatic N) is 2. The normalized spacial score (nSPS) is 15.1. The molecule has 3 aromatic carbocycles. The van der Waals surface area contributed by atoms with Crippen molar-refractivity contribution in [1.82, 2.24) is 9.13 Å². The minimum atomic E-state index is 1.07. The monoisotopic (exact) mass is 438 g/mol. The van der Waals surface area contributed by atoms with Crippen LogP contribution in [0.15, 0.2) is 103 Å². The quantitative estimate of drug-likeness (QED) is 0.268.